The van der Waals surface area contributed by atoms with Crippen molar-refractivity contribution in [3.05, 3.63) is 29.3 Å². The third-order valence-electron chi connectivity index (χ3n) is 7.08. The highest BCUT2D eigenvalue weighted by Crippen LogP contribution is 2.32. The predicted molar refractivity (Wildman–Crippen MR) is 111 cm³/mol. The lowest BCUT2D eigenvalue weighted by atomic mass is 10.1. The first-order valence-electron chi connectivity index (χ1n) is 11.2. The molecule has 29 heavy (non-hydrogen) atoms. The summed E-state index contributed by atoms with van der Waals surface area (Å²) < 4.78 is 28.1. The molecule has 2 aliphatic carbocycles. The number of nitrogens with zero attached hydrogens (tertiary/aromatic N) is 3. The van der Waals surface area contributed by atoms with Crippen molar-refractivity contribution >= 4 is 15.9 Å². The number of likely N-dealkylation sites (tertiary alicyclic amines) is 1. The quantitative estimate of drug-likeness (QED) is 0.734. The fraction of sp³-hybridized carbons (Fsp3) is 0.682. The van der Waals surface area contributed by atoms with Crippen molar-refractivity contribution in [3.8, 4) is 0 Å². The van der Waals surface area contributed by atoms with Crippen molar-refractivity contribution in [1.82, 2.24) is 14.1 Å². The van der Waals surface area contributed by atoms with Gasteiger partial charge in [0, 0.05) is 39.3 Å². The lowest BCUT2D eigenvalue weighted by molar-refractivity contribution is -0.132. The zero-order valence-electron chi connectivity index (χ0n) is 17.1. The minimum Gasteiger partial charge on any atom is -0.341 e. The zero-order valence-corrected chi connectivity index (χ0v) is 17.9. The van der Waals surface area contributed by atoms with Crippen LogP contribution in [0.15, 0.2) is 23.1 Å². The normalized spacial score (nSPS) is 26.7. The number of rotatable bonds is 5. The van der Waals surface area contributed by atoms with Gasteiger partial charge in [-0.2, -0.15) is 4.31 Å². The van der Waals surface area contributed by atoms with Gasteiger partial charge in [-0.25, -0.2) is 8.42 Å². The molecule has 0 N–H and O–H groups in total. The Morgan fingerprint density at radius 1 is 0.897 bits per heavy atom. The summed E-state index contributed by atoms with van der Waals surface area (Å²) >= 11 is 0. The maximum absolute atomic E-state index is 13.2. The Labute approximate surface area is 173 Å². The standard InChI is InChI=1S/C22H31N3O3S/c26-22-21(9-12-24(22)16-17-5-6-17)23-10-2-11-25(14-13-23)29(27,28)20-8-7-18-3-1-4-19(18)15-20/h7-8,15,17,21H,1-6,9-14,16H2. The molecule has 0 aromatic heterocycles. The lowest BCUT2D eigenvalue weighted by Gasteiger charge is -2.26. The Kier molecular flexibility index (Phi) is 5.16. The first-order chi connectivity index (χ1) is 14.0. The van der Waals surface area contributed by atoms with E-state index in [-0.39, 0.29) is 11.9 Å². The number of amides is 1. The molecule has 2 aliphatic heterocycles. The summed E-state index contributed by atoms with van der Waals surface area (Å²) in [5.74, 6) is 0.974. The van der Waals surface area contributed by atoms with Crippen LogP contribution in [0.25, 0.3) is 0 Å². The van der Waals surface area contributed by atoms with Gasteiger partial charge >= 0.3 is 0 Å². The van der Waals surface area contributed by atoms with Gasteiger partial charge < -0.3 is 4.90 Å². The summed E-state index contributed by atoms with van der Waals surface area (Å²) in [6.07, 6.45) is 7.32. The van der Waals surface area contributed by atoms with Crippen LogP contribution in [-0.4, -0.2) is 73.7 Å². The number of hydrogen-bond acceptors (Lipinski definition) is 4. The van der Waals surface area contributed by atoms with Gasteiger partial charge in [-0.05, 0) is 74.1 Å². The van der Waals surface area contributed by atoms with E-state index in [1.807, 2.05) is 17.0 Å². The minimum atomic E-state index is -3.47. The van der Waals surface area contributed by atoms with Crippen LogP contribution in [-0.2, 0) is 27.7 Å². The first-order valence-corrected chi connectivity index (χ1v) is 12.6. The van der Waals surface area contributed by atoms with E-state index in [1.54, 1.807) is 10.4 Å². The second kappa shape index (κ2) is 7.67. The van der Waals surface area contributed by atoms with Crippen molar-refractivity contribution < 1.29 is 13.2 Å². The van der Waals surface area contributed by atoms with Crippen LogP contribution in [0.2, 0.25) is 0 Å². The van der Waals surface area contributed by atoms with E-state index in [1.165, 1.54) is 24.0 Å². The van der Waals surface area contributed by atoms with Crippen LogP contribution < -0.4 is 0 Å². The number of carbonyl (C=O) groups is 1. The second-order valence-corrected chi connectivity index (χ2v) is 11.0. The zero-order chi connectivity index (χ0) is 20.0. The number of sulfonamides is 1. The summed E-state index contributed by atoms with van der Waals surface area (Å²) in [6, 6.07) is 5.59. The highest BCUT2D eigenvalue weighted by Gasteiger charge is 2.39. The van der Waals surface area contributed by atoms with Crippen LogP contribution >= 0.6 is 0 Å². The topological polar surface area (TPSA) is 60.9 Å². The molecule has 0 radical (unpaired) electrons. The SMILES string of the molecule is O=C1C(N2CCCN(S(=O)(=O)c3ccc4c(c3)CCC4)CC2)CCN1CC1CC1. The molecule has 2 saturated heterocycles. The summed E-state index contributed by atoms with van der Waals surface area (Å²) in [6.45, 7) is 4.20. The molecule has 1 saturated carbocycles. The largest absolute Gasteiger partial charge is 0.341 e. The highest BCUT2D eigenvalue weighted by atomic mass is 32.2. The van der Waals surface area contributed by atoms with E-state index in [2.05, 4.69) is 4.90 Å². The molecule has 1 amide bonds. The Morgan fingerprint density at radius 2 is 1.72 bits per heavy atom. The van der Waals surface area contributed by atoms with Crippen molar-refractivity contribution in [3.63, 3.8) is 0 Å². The molecule has 1 atom stereocenters. The van der Waals surface area contributed by atoms with E-state index < -0.39 is 10.0 Å². The lowest BCUT2D eigenvalue weighted by Crippen LogP contribution is -2.44. The van der Waals surface area contributed by atoms with Gasteiger partial charge in [0.2, 0.25) is 15.9 Å². The maximum Gasteiger partial charge on any atom is 0.243 e. The van der Waals surface area contributed by atoms with Crippen LogP contribution in [0.5, 0.6) is 0 Å². The molecular weight excluding hydrogens is 386 g/mol. The average molecular weight is 418 g/mol. The number of carbonyl (C=O) groups excluding carboxylic acids is 1. The summed E-state index contributed by atoms with van der Waals surface area (Å²) in [4.78, 5) is 17.5. The molecular formula is C22H31N3O3S. The molecule has 1 aromatic carbocycles. The number of aryl methyl sites for hydroxylation is 2. The molecule has 7 heteroatoms. The van der Waals surface area contributed by atoms with E-state index in [9.17, 15) is 13.2 Å². The molecule has 5 rings (SSSR count). The Bertz CT molecular complexity index is 897. The van der Waals surface area contributed by atoms with Gasteiger partial charge in [-0.15, -0.1) is 0 Å². The maximum atomic E-state index is 13.2. The minimum absolute atomic E-state index is 0.0589. The monoisotopic (exact) mass is 417 g/mol. The third kappa shape index (κ3) is 3.84. The molecule has 0 bridgehead atoms. The average Bonchev–Trinajstić information content (AvgIpc) is 3.37. The van der Waals surface area contributed by atoms with Gasteiger partial charge in [0.15, 0.2) is 0 Å². The molecule has 6 nitrogen and oxygen atoms in total. The van der Waals surface area contributed by atoms with Crippen LogP contribution in [0.3, 0.4) is 0 Å². The highest BCUT2D eigenvalue weighted by molar-refractivity contribution is 7.89. The van der Waals surface area contributed by atoms with Crippen LogP contribution in [0, 0.1) is 5.92 Å². The Morgan fingerprint density at radius 3 is 2.55 bits per heavy atom. The van der Waals surface area contributed by atoms with Gasteiger partial charge in [0.05, 0.1) is 10.9 Å². The Balaban J connectivity index is 1.25. The third-order valence-corrected chi connectivity index (χ3v) is 8.98. The molecule has 0 spiro atoms. The smallest absolute Gasteiger partial charge is 0.243 e. The molecule has 3 fully saturated rings. The Hall–Kier alpha value is -1.44. The fourth-order valence-electron chi connectivity index (χ4n) is 5.18. The van der Waals surface area contributed by atoms with Crippen molar-refractivity contribution in [2.24, 2.45) is 5.92 Å². The number of benzene rings is 1. The van der Waals surface area contributed by atoms with Crippen molar-refractivity contribution in [2.45, 2.75) is 55.9 Å². The second-order valence-electron chi connectivity index (χ2n) is 9.11. The molecule has 158 valence electrons. The number of fused-ring (bicyclic) bond motifs is 1. The predicted octanol–water partition coefficient (Wildman–Crippen LogP) is 1.88. The van der Waals surface area contributed by atoms with Crippen molar-refractivity contribution in [2.75, 3.05) is 39.3 Å². The first kappa shape index (κ1) is 19.5. The molecule has 2 heterocycles. The summed E-state index contributed by atoms with van der Waals surface area (Å²) in [5.41, 5.74) is 2.48. The van der Waals surface area contributed by atoms with Gasteiger partial charge in [-0.1, -0.05) is 6.07 Å². The fourth-order valence-corrected chi connectivity index (χ4v) is 6.70. The summed E-state index contributed by atoms with van der Waals surface area (Å²) in [5, 5.41) is 0. The van der Waals surface area contributed by atoms with Gasteiger partial charge in [0.25, 0.3) is 0 Å². The number of hydrogen-bond donors (Lipinski definition) is 0. The molecule has 1 unspecified atom stereocenters. The van der Waals surface area contributed by atoms with Crippen LogP contribution in [0.4, 0.5) is 0 Å². The van der Waals surface area contributed by atoms with Gasteiger partial charge in [0.1, 0.15) is 0 Å². The molecule has 4 aliphatic rings. The van der Waals surface area contributed by atoms with Gasteiger partial charge in [-0.3, -0.25) is 9.69 Å². The van der Waals surface area contributed by atoms with E-state index in [4.69, 9.17) is 0 Å². The molecule has 1 aromatic rings. The van der Waals surface area contributed by atoms with Crippen LogP contribution in [0.1, 0.15) is 43.2 Å². The van der Waals surface area contributed by atoms with E-state index in [0.29, 0.717) is 24.5 Å². The van der Waals surface area contributed by atoms with E-state index >= 15 is 0 Å². The van der Waals surface area contributed by atoms with Crippen molar-refractivity contribution in [1.29, 1.82) is 0 Å². The van der Waals surface area contributed by atoms with E-state index in [0.717, 1.165) is 57.7 Å². The summed E-state index contributed by atoms with van der Waals surface area (Å²) in [7, 11) is -3.47.